The van der Waals surface area contributed by atoms with E-state index in [2.05, 4.69) is 50.8 Å². The van der Waals surface area contributed by atoms with Gasteiger partial charge in [0.2, 0.25) is 0 Å². The SMILES string of the molecule is S=C(Nc1ccc(Br)c2ccccc12)NC1CCCC1. The summed E-state index contributed by atoms with van der Waals surface area (Å²) in [6.07, 6.45) is 5.06. The van der Waals surface area contributed by atoms with E-state index < -0.39 is 0 Å². The standard InChI is InChI=1S/C16H17BrN2S/c17-14-9-10-15(13-8-4-3-7-12(13)14)19-16(20)18-11-5-1-2-6-11/h3-4,7-11H,1-2,5-6H2,(H2,18,19,20). The number of rotatable bonds is 2. The zero-order valence-electron chi connectivity index (χ0n) is 11.2. The maximum Gasteiger partial charge on any atom is 0.171 e. The minimum absolute atomic E-state index is 0.539. The van der Waals surface area contributed by atoms with Crippen LogP contribution in [-0.2, 0) is 0 Å². The maximum absolute atomic E-state index is 5.43. The van der Waals surface area contributed by atoms with Gasteiger partial charge >= 0.3 is 0 Å². The summed E-state index contributed by atoms with van der Waals surface area (Å²) < 4.78 is 1.10. The van der Waals surface area contributed by atoms with Crippen LogP contribution in [0.5, 0.6) is 0 Å². The molecule has 0 aromatic heterocycles. The molecule has 0 aliphatic heterocycles. The second-order valence-electron chi connectivity index (χ2n) is 5.22. The molecule has 1 saturated carbocycles. The van der Waals surface area contributed by atoms with Gasteiger partial charge in [-0.25, -0.2) is 0 Å². The van der Waals surface area contributed by atoms with E-state index in [0.717, 1.165) is 15.3 Å². The van der Waals surface area contributed by atoms with Crippen LogP contribution in [0.3, 0.4) is 0 Å². The molecule has 0 atom stereocenters. The zero-order valence-corrected chi connectivity index (χ0v) is 13.6. The Hall–Kier alpha value is -1.13. The van der Waals surface area contributed by atoms with Crippen LogP contribution in [0.2, 0.25) is 0 Å². The minimum Gasteiger partial charge on any atom is -0.360 e. The Morgan fingerprint density at radius 3 is 2.50 bits per heavy atom. The summed E-state index contributed by atoms with van der Waals surface area (Å²) in [5.74, 6) is 0. The molecule has 0 radical (unpaired) electrons. The molecule has 20 heavy (non-hydrogen) atoms. The minimum atomic E-state index is 0.539. The van der Waals surface area contributed by atoms with Crippen molar-refractivity contribution in [1.82, 2.24) is 5.32 Å². The second kappa shape index (κ2) is 6.10. The number of benzene rings is 2. The van der Waals surface area contributed by atoms with Gasteiger partial charge in [0, 0.05) is 21.6 Å². The number of thiocarbonyl (C=S) groups is 1. The number of hydrogen-bond donors (Lipinski definition) is 2. The molecule has 0 spiro atoms. The largest absolute Gasteiger partial charge is 0.360 e. The predicted octanol–water partition coefficient (Wildman–Crippen LogP) is 4.83. The third-order valence-corrected chi connectivity index (χ3v) is 4.72. The molecule has 0 heterocycles. The van der Waals surface area contributed by atoms with Crippen molar-refractivity contribution in [3.8, 4) is 0 Å². The summed E-state index contributed by atoms with van der Waals surface area (Å²) >= 11 is 9.03. The first-order chi connectivity index (χ1) is 9.74. The first kappa shape index (κ1) is 13.8. The molecule has 1 aliphatic rings. The van der Waals surface area contributed by atoms with Crippen molar-refractivity contribution in [1.29, 1.82) is 0 Å². The maximum atomic E-state index is 5.43. The first-order valence-electron chi connectivity index (χ1n) is 6.99. The zero-order chi connectivity index (χ0) is 13.9. The molecular formula is C16H17BrN2S. The van der Waals surface area contributed by atoms with E-state index in [1.165, 1.54) is 36.5 Å². The van der Waals surface area contributed by atoms with Crippen LogP contribution in [0, 0.1) is 0 Å². The summed E-state index contributed by atoms with van der Waals surface area (Å²) in [6, 6.07) is 13.0. The van der Waals surface area contributed by atoms with E-state index in [-0.39, 0.29) is 0 Å². The Morgan fingerprint density at radius 2 is 1.75 bits per heavy atom. The van der Waals surface area contributed by atoms with E-state index in [4.69, 9.17) is 12.2 Å². The lowest BCUT2D eigenvalue weighted by atomic mass is 10.1. The average molecular weight is 349 g/mol. The second-order valence-corrected chi connectivity index (χ2v) is 6.48. The van der Waals surface area contributed by atoms with Gasteiger partial charge in [-0.3, -0.25) is 0 Å². The summed E-state index contributed by atoms with van der Waals surface area (Å²) in [5.41, 5.74) is 1.05. The smallest absolute Gasteiger partial charge is 0.171 e. The van der Waals surface area contributed by atoms with Crippen molar-refractivity contribution in [2.75, 3.05) is 5.32 Å². The summed E-state index contributed by atoms with van der Waals surface area (Å²) in [6.45, 7) is 0. The third kappa shape index (κ3) is 2.96. The third-order valence-electron chi connectivity index (χ3n) is 3.81. The Kier molecular flexibility index (Phi) is 4.22. The van der Waals surface area contributed by atoms with Gasteiger partial charge < -0.3 is 10.6 Å². The van der Waals surface area contributed by atoms with Gasteiger partial charge in [0.15, 0.2) is 5.11 Å². The highest BCUT2D eigenvalue weighted by atomic mass is 79.9. The highest BCUT2D eigenvalue weighted by Gasteiger charge is 2.15. The fourth-order valence-corrected chi connectivity index (χ4v) is 3.54. The molecule has 0 saturated heterocycles. The van der Waals surface area contributed by atoms with Gasteiger partial charge in [0.25, 0.3) is 0 Å². The van der Waals surface area contributed by atoms with Crippen LogP contribution in [-0.4, -0.2) is 11.2 Å². The van der Waals surface area contributed by atoms with E-state index in [1.54, 1.807) is 0 Å². The number of fused-ring (bicyclic) bond motifs is 1. The molecule has 1 aliphatic carbocycles. The molecule has 0 bridgehead atoms. The van der Waals surface area contributed by atoms with Crippen molar-refractivity contribution in [2.24, 2.45) is 0 Å². The van der Waals surface area contributed by atoms with Gasteiger partial charge in [-0.1, -0.05) is 53.0 Å². The van der Waals surface area contributed by atoms with E-state index in [0.29, 0.717) is 6.04 Å². The molecule has 2 aromatic rings. The normalized spacial score (nSPS) is 15.4. The molecule has 1 fully saturated rings. The van der Waals surface area contributed by atoms with E-state index in [1.807, 2.05) is 12.1 Å². The van der Waals surface area contributed by atoms with E-state index >= 15 is 0 Å². The fourth-order valence-electron chi connectivity index (χ4n) is 2.79. The fraction of sp³-hybridized carbons (Fsp3) is 0.312. The Balaban J connectivity index is 1.80. The van der Waals surface area contributed by atoms with Crippen molar-refractivity contribution < 1.29 is 0 Å². The molecule has 0 unspecified atom stereocenters. The Bertz CT molecular complexity index is 635. The molecule has 104 valence electrons. The predicted molar refractivity (Wildman–Crippen MR) is 93.3 cm³/mol. The van der Waals surface area contributed by atoms with Crippen molar-refractivity contribution in [3.05, 3.63) is 40.9 Å². The number of hydrogen-bond acceptors (Lipinski definition) is 1. The van der Waals surface area contributed by atoms with E-state index in [9.17, 15) is 0 Å². The Labute approximate surface area is 133 Å². The lowest BCUT2D eigenvalue weighted by molar-refractivity contribution is 0.634. The molecule has 3 rings (SSSR count). The van der Waals surface area contributed by atoms with Crippen LogP contribution >= 0.6 is 28.1 Å². The van der Waals surface area contributed by atoms with Crippen LogP contribution in [0.25, 0.3) is 10.8 Å². The molecule has 4 heteroatoms. The first-order valence-corrected chi connectivity index (χ1v) is 8.19. The van der Waals surface area contributed by atoms with Gasteiger partial charge in [-0.2, -0.15) is 0 Å². The number of halogens is 1. The average Bonchev–Trinajstić information content (AvgIpc) is 2.95. The van der Waals surface area contributed by atoms with Gasteiger partial charge in [0.1, 0.15) is 0 Å². The van der Waals surface area contributed by atoms with Crippen LogP contribution in [0.4, 0.5) is 5.69 Å². The van der Waals surface area contributed by atoms with Crippen molar-refractivity contribution >= 4 is 49.7 Å². The molecular weight excluding hydrogens is 332 g/mol. The summed E-state index contributed by atoms with van der Waals surface area (Å²) in [7, 11) is 0. The number of anilines is 1. The lowest BCUT2D eigenvalue weighted by Gasteiger charge is -2.17. The lowest BCUT2D eigenvalue weighted by Crippen LogP contribution is -2.35. The molecule has 2 aromatic carbocycles. The van der Waals surface area contributed by atoms with Gasteiger partial charge in [-0.05, 0) is 42.6 Å². The van der Waals surface area contributed by atoms with Gasteiger partial charge in [-0.15, -0.1) is 0 Å². The highest BCUT2D eigenvalue weighted by Crippen LogP contribution is 2.30. The van der Waals surface area contributed by atoms with Crippen LogP contribution < -0.4 is 10.6 Å². The van der Waals surface area contributed by atoms with Crippen molar-refractivity contribution in [3.63, 3.8) is 0 Å². The van der Waals surface area contributed by atoms with Crippen molar-refractivity contribution in [2.45, 2.75) is 31.7 Å². The van der Waals surface area contributed by atoms with Crippen LogP contribution in [0.1, 0.15) is 25.7 Å². The topological polar surface area (TPSA) is 24.1 Å². The van der Waals surface area contributed by atoms with Gasteiger partial charge in [0.05, 0.1) is 0 Å². The monoisotopic (exact) mass is 348 g/mol. The number of nitrogens with one attached hydrogen (secondary N) is 2. The highest BCUT2D eigenvalue weighted by molar-refractivity contribution is 9.10. The Morgan fingerprint density at radius 1 is 1.05 bits per heavy atom. The molecule has 2 N–H and O–H groups in total. The molecule has 2 nitrogen and oxygen atoms in total. The summed E-state index contributed by atoms with van der Waals surface area (Å²) in [5, 5.41) is 9.85. The van der Waals surface area contributed by atoms with Crippen LogP contribution in [0.15, 0.2) is 40.9 Å². The quantitative estimate of drug-likeness (QED) is 0.760. The molecule has 0 amide bonds. The summed E-state index contributed by atoms with van der Waals surface area (Å²) in [4.78, 5) is 0.